The zero-order valence-electron chi connectivity index (χ0n) is 14.4. The molecule has 1 aromatic heterocycles. The Kier molecular flexibility index (Phi) is 3.82. The lowest BCUT2D eigenvalue weighted by Crippen LogP contribution is -2.36. The number of anilines is 1. The number of carboxylic acid groups (broad SMARTS) is 1. The van der Waals surface area contributed by atoms with Gasteiger partial charge in [0.2, 0.25) is 5.43 Å². The molecule has 2 aromatic rings. The van der Waals surface area contributed by atoms with Crippen LogP contribution in [0.15, 0.2) is 17.1 Å². The molecule has 0 saturated carbocycles. The monoisotopic (exact) mass is 358 g/mol. The number of aromatic carboxylic acids is 1. The maximum Gasteiger partial charge on any atom is 0.341 e. The zero-order chi connectivity index (χ0) is 18.6. The van der Waals surface area contributed by atoms with Crippen LogP contribution < -0.4 is 10.3 Å². The molecule has 3 heterocycles. The number of carbonyl (C=O) groups is 2. The standard InChI is InChI=1S/C19H19FN2O4/c1-10-2-3-12-16-13(18(24)14(19(25)26)9-22(10)16)8-15(20)17(12)21-6-4-11(23)5-7-21/h8-10H,2-7H2,1H3,(H,25,26). The molecule has 1 atom stereocenters. The smallest absolute Gasteiger partial charge is 0.341 e. The Morgan fingerprint density at radius 1 is 1.23 bits per heavy atom. The predicted molar refractivity (Wildman–Crippen MR) is 94.6 cm³/mol. The van der Waals surface area contributed by atoms with Crippen molar-refractivity contribution in [2.45, 2.75) is 38.6 Å². The van der Waals surface area contributed by atoms with E-state index >= 15 is 0 Å². The van der Waals surface area contributed by atoms with Crippen LogP contribution in [0.2, 0.25) is 0 Å². The van der Waals surface area contributed by atoms with E-state index in [2.05, 4.69) is 0 Å². The molecule has 0 aliphatic carbocycles. The summed E-state index contributed by atoms with van der Waals surface area (Å²) in [4.78, 5) is 37.4. The number of hydrogen-bond donors (Lipinski definition) is 1. The van der Waals surface area contributed by atoms with Crippen LogP contribution in [0.25, 0.3) is 10.9 Å². The van der Waals surface area contributed by atoms with E-state index in [1.807, 2.05) is 11.8 Å². The summed E-state index contributed by atoms with van der Waals surface area (Å²) in [6.07, 6.45) is 3.49. The molecule has 0 amide bonds. The first-order valence-corrected chi connectivity index (χ1v) is 8.78. The van der Waals surface area contributed by atoms with Gasteiger partial charge in [0.05, 0.1) is 11.2 Å². The highest BCUT2D eigenvalue weighted by atomic mass is 19.1. The number of nitrogens with zero attached hydrogens (tertiary/aromatic N) is 2. The van der Waals surface area contributed by atoms with Crippen molar-refractivity contribution in [1.82, 2.24) is 4.57 Å². The van der Waals surface area contributed by atoms with E-state index in [4.69, 9.17) is 0 Å². The van der Waals surface area contributed by atoms with Gasteiger partial charge in [-0.25, -0.2) is 9.18 Å². The maximum atomic E-state index is 15.0. The summed E-state index contributed by atoms with van der Waals surface area (Å²) in [5.41, 5.74) is 0.813. The number of aryl methyl sites for hydroxylation is 1. The number of ketones is 1. The Bertz CT molecular complexity index is 1000. The first-order valence-electron chi connectivity index (χ1n) is 8.78. The van der Waals surface area contributed by atoms with Gasteiger partial charge in [-0.05, 0) is 25.8 Å². The molecule has 7 heteroatoms. The highest BCUT2D eigenvalue weighted by molar-refractivity contribution is 5.95. The van der Waals surface area contributed by atoms with E-state index in [1.54, 1.807) is 4.57 Å². The van der Waals surface area contributed by atoms with E-state index < -0.39 is 17.2 Å². The Hall–Kier alpha value is -2.70. The molecule has 0 spiro atoms. The predicted octanol–water partition coefficient (Wildman–Crippen LogP) is 2.52. The van der Waals surface area contributed by atoms with Gasteiger partial charge in [0.1, 0.15) is 17.2 Å². The Morgan fingerprint density at radius 3 is 2.58 bits per heavy atom. The van der Waals surface area contributed by atoms with Crippen LogP contribution in [-0.4, -0.2) is 34.5 Å². The molecule has 1 saturated heterocycles. The molecule has 6 nitrogen and oxygen atoms in total. The molecule has 136 valence electrons. The van der Waals surface area contributed by atoms with Gasteiger partial charge in [0, 0.05) is 49.1 Å². The first kappa shape index (κ1) is 16.8. The molecule has 4 rings (SSSR count). The number of carbonyl (C=O) groups excluding carboxylic acids is 1. The molecule has 0 bridgehead atoms. The second-order valence-electron chi connectivity index (χ2n) is 7.08. The molecule has 1 N–H and O–H groups in total. The topological polar surface area (TPSA) is 79.6 Å². The van der Waals surface area contributed by atoms with Gasteiger partial charge in [-0.3, -0.25) is 9.59 Å². The number of benzene rings is 1. The van der Waals surface area contributed by atoms with Gasteiger partial charge in [-0.15, -0.1) is 0 Å². The fourth-order valence-corrected chi connectivity index (χ4v) is 4.11. The fourth-order valence-electron chi connectivity index (χ4n) is 4.11. The number of hydrogen-bond acceptors (Lipinski definition) is 4. The summed E-state index contributed by atoms with van der Waals surface area (Å²) < 4.78 is 16.8. The number of piperidine rings is 1. The Labute approximate surface area is 148 Å². The molecule has 1 unspecified atom stereocenters. The molecule has 0 radical (unpaired) electrons. The largest absolute Gasteiger partial charge is 0.477 e. The number of carboxylic acids is 1. The van der Waals surface area contributed by atoms with E-state index in [9.17, 15) is 23.9 Å². The van der Waals surface area contributed by atoms with Crippen LogP contribution in [0, 0.1) is 5.82 Å². The minimum absolute atomic E-state index is 0.0185. The first-order chi connectivity index (χ1) is 12.4. The quantitative estimate of drug-likeness (QED) is 0.892. The van der Waals surface area contributed by atoms with Crippen molar-refractivity contribution < 1.29 is 19.1 Å². The van der Waals surface area contributed by atoms with Crippen molar-refractivity contribution in [2.24, 2.45) is 0 Å². The van der Waals surface area contributed by atoms with Gasteiger partial charge in [0.15, 0.2) is 0 Å². The van der Waals surface area contributed by atoms with Crippen molar-refractivity contribution in [3.05, 3.63) is 39.4 Å². The summed E-state index contributed by atoms with van der Waals surface area (Å²) in [5, 5.41) is 9.44. The minimum atomic E-state index is -1.31. The molecular weight excluding hydrogens is 339 g/mol. The fraction of sp³-hybridized carbons (Fsp3) is 0.421. The van der Waals surface area contributed by atoms with Crippen LogP contribution in [0.4, 0.5) is 10.1 Å². The van der Waals surface area contributed by atoms with E-state index in [1.165, 1.54) is 6.20 Å². The van der Waals surface area contributed by atoms with Crippen molar-refractivity contribution in [1.29, 1.82) is 0 Å². The highest BCUT2D eigenvalue weighted by Gasteiger charge is 2.29. The third-order valence-corrected chi connectivity index (χ3v) is 5.49. The van der Waals surface area contributed by atoms with Gasteiger partial charge < -0.3 is 14.6 Å². The third kappa shape index (κ3) is 2.41. The Balaban J connectivity index is 2.02. The number of Topliss-reactive ketones (excluding diaryl/α,β-unsaturated/α-hetero) is 1. The normalized spacial score (nSPS) is 19.8. The summed E-state index contributed by atoms with van der Waals surface area (Å²) in [6, 6.07) is 1.18. The number of pyridine rings is 1. The highest BCUT2D eigenvalue weighted by Crippen LogP contribution is 2.38. The molecule has 2 aliphatic heterocycles. The molecule has 26 heavy (non-hydrogen) atoms. The average Bonchev–Trinajstić information content (AvgIpc) is 2.60. The second kappa shape index (κ2) is 5.93. The molecular formula is C19H19FN2O4. The summed E-state index contributed by atoms with van der Waals surface area (Å²) >= 11 is 0. The number of aromatic nitrogens is 1. The second-order valence-corrected chi connectivity index (χ2v) is 7.08. The molecule has 1 aromatic carbocycles. The lowest BCUT2D eigenvalue weighted by Gasteiger charge is -2.34. The Morgan fingerprint density at radius 2 is 1.92 bits per heavy atom. The zero-order valence-corrected chi connectivity index (χ0v) is 14.4. The van der Waals surface area contributed by atoms with Crippen LogP contribution in [-0.2, 0) is 11.2 Å². The van der Waals surface area contributed by atoms with Crippen molar-refractivity contribution in [2.75, 3.05) is 18.0 Å². The van der Waals surface area contributed by atoms with Crippen LogP contribution >= 0.6 is 0 Å². The minimum Gasteiger partial charge on any atom is -0.477 e. The van der Waals surface area contributed by atoms with Crippen molar-refractivity contribution in [3.63, 3.8) is 0 Å². The lowest BCUT2D eigenvalue weighted by molar-refractivity contribution is -0.119. The van der Waals surface area contributed by atoms with E-state index in [0.717, 1.165) is 18.1 Å². The van der Waals surface area contributed by atoms with E-state index in [-0.39, 0.29) is 22.8 Å². The van der Waals surface area contributed by atoms with Gasteiger partial charge in [-0.2, -0.15) is 0 Å². The SMILES string of the molecule is CC1CCc2c(N3CCC(=O)CC3)c(F)cc3c(=O)c(C(=O)O)cn1c23. The van der Waals surface area contributed by atoms with Crippen molar-refractivity contribution >= 4 is 28.3 Å². The van der Waals surface area contributed by atoms with Crippen LogP contribution in [0.1, 0.15) is 48.1 Å². The van der Waals surface area contributed by atoms with Crippen molar-refractivity contribution in [3.8, 4) is 0 Å². The van der Waals surface area contributed by atoms with Crippen LogP contribution in [0.3, 0.4) is 0 Å². The maximum absolute atomic E-state index is 15.0. The van der Waals surface area contributed by atoms with Gasteiger partial charge in [-0.1, -0.05) is 0 Å². The van der Waals surface area contributed by atoms with E-state index in [0.29, 0.717) is 43.6 Å². The lowest BCUT2D eigenvalue weighted by atomic mass is 9.93. The molecule has 2 aliphatic rings. The van der Waals surface area contributed by atoms with Crippen LogP contribution in [0.5, 0.6) is 0 Å². The summed E-state index contributed by atoms with van der Waals surface area (Å²) in [7, 11) is 0. The third-order valence-electron chi connectivity index (χ3n) is 5.49. The average molecular weight is 358 g/mol. The summed E-state index contributed by atoms with van der Waals surface area (Å²) in [5.74, 6) is -1.66. The number of rotatable bonds is 2. The van der Waals surface area contributed by atoms with Gasteiger partial charge in [0.25, 0.3) is 0 Å². The molecule has 1 fully saturated rings. The van der Waals surface area contributed by atoms with Gasteiger partial charge >= 0.3 is 5.97 Å². The summed E-state index contributed by atoms with van der Waals surface area (Å²) in [6.45, 7) is 2.88. The number of halogens is 1.